The Morgan fingerprint density at radius 1 is 1.07 bits per heavy atom. The van der Waals surface area contributed by atoms with Gasteiger partial charge in [-0.2, -0.15) is 0 Å². The number of aldehydes is 1. The molecule has 0 atom stereocenters. The van der Waals surface area contributed by atoms with Gasteiger partial charge in [0.2, 0.25) is 0 Å². The molecule has 0 fully saturated rings. The molecule has 1 aromatic heterocycles. The Labute approximate surface area is 161 Å². The molecule has 0 aliphatic heterocycles. The summed E-state index contributed by atoms with van der Waals surface area (Å²) in [6.07, 6.45) is 0.641. The standard InChI is InChI=1S/C21H19F2N3O2/c1-13(2)26-18(12-27)19(15-5-9-17(23)10-6-15)25-20(26)21(28)24-11-14-3-7-16(22)8-4-14/h3-10,12-13H,11H2,1-2H3,(H,24,28). The van der Waals surface area contributed by atoms with Crippen LogP contribution in [0.4, 0.5) is 8.78 Å². The highest BCUT2D eigenvalue weighted by Crippen LogP contribution is 2.26. The lowest BCUT2D eigenvalue weighted by Crippen LogP contribution is -2.27. The first-order chi connectivity index (χ1) is 13.4. The fourth-order valence-electron chi connectivity index (χ4n) is 2.92. The van der Waals surface area contributed by atoms with E-state index in [0.29, 0.717) is 17.5 Å². The van der Waals surface area contributed by atoms with Crippen molar-refractivity contribution in [2.24, 2.45) is 0 Å². The number of halogens is 2. The van der Waals surface area contributed by atoms with Crippen LogP contribution in [0.1, 0.15) is 46.6 Å². The lowest BCUT2D eigenvalue weighted by molar-refractivity contribution is 0.0934. The average molecular weight is 383 g/mol. The van der Waals surface area contributed by atoms with E-state index in [2.05, 4.69) is 10.3 Å². The maximum absolute atomic E-state index is 13.2. The number of benzene rings is 2. The second-order valence-electron chi connectivity index (χ2n) is 6.57. The second kappa shape index (κ2) is 8.12. The maximum Gasteiger partial charge on any atom is 0.287 e. The lowest BCUT2D eigenvalue weighted by atomic mass is 10.1. The first-order valence-electron chi connectivity index (χ1n) is 8.76. The minimum atomic E-state index is -0.463. The van der Waals surface area contributed by atoms with Crippen molar-refractivity contribution in [1.82, 2.24) is 14.9 Å². The van der Waals surface area contributed by atoms with Gasteiger partial charge in [-0.15, -0.1) is 0 Å². The first-order valence-corrected chi connectivity index (χ1v) is 8.76. The number of nitrogens with zero attached hydrogens (tertiary/aromatic N) is 2. The predicted molar refractivity (Wildman–Crippen MR) is 101 cm³/mol. The molecule has 144 valence electrons. The van der Waals surface area contributed by atoms with Gasteiger partial charge in [0.25, 0.3) is 5.91 Å². The summed E-state index contributed by atoms with van der Waals surface area (Å²) in [4.78, 5) is 28.8. The Bertz CT molecular complexity index is 994. The number of nitrogens with one attached hydrogen (secondary N) is 1. The molecule has 0 aliphatic rings. The van der Waals surface area contributed by atoms with Crippen molar-refractivity contribution < 1.29 is 18.4 Å². The molecule has 3 aromatic rings. The van der Waals surface area contributed by atoms with Gasteiger partial charge in [-0.05, 0) is 55.8 Å². The summed E-state index contributed by atoms with van der Waals surface area (Å²) in [7, 11) is 0. The van der Waals surface area contributed by atoms with Gasteiger partial charge >= 0.3 is 0 Å². The van der Waals surface area contributed by atoms with Gasteiger partial charge in [0, 0.05) is 18.2 Å². The number of hydrogen-bond donors (Lipinski definition) is 1. The Balaban J connectivity index is 1.94. The Kier molecular flexibility index (Phi) is 5.63. The zero-order chi connectivity index (χ0) is 20.3. The van der Waals surface area contributed by atoms with Gasteiger partial charge in [-0.1, -0.05) is 12.1 Å². The van der Waals surface area contributed by atoms with Crippen molar-refractivity contribution in [3.8, 4) is 11.3 Å². The van der Waals surface area contributed by atoms with Crippen molar-refractivity contribution in [1.29, 1.82) is 0 Å². The molecule has 28 heavy (non-hydrogen) atoms. The van der Waals surface area contributed by atoms with Crippen LogP contribution in [0, 0.1) is 11.6 Å². The summed E-state index contributed by atoms with van der Waals surface area (Å²) in [5.74, 6) is -1.14. The molecule has 1 amide bonds. The van der Waals surface area contributed by atoms with Crippen LogP contribution in [0.5, 0.6) is 0 Å². The number of rotatable bonds is 6. The van der Waals surface area contributed by atoms with E-state index in [0.717, 1.165) is 5.56 Å². The molecule has 0 radical (unpaired) electrons. The SMILES string of the molecule is CC(C)n1c(C(=O)NCc2ccc(F)cc2)nc(-c2ccc(F)cc2)c1C=O. The maximum atomic E-state index is 13.2. The molecule has 2 aromatic carbocycles. The third-order valence-electron chi connectivity index (χ3n) is 4.26. The Hall–Kier alpha value is -3.35. The minimum absolute atomic E-state index is 0.0820. The molecule has 1 heterocycles. The van der Waals surface area contributed by atoms with E-state index in [9.17, 15) is 18.4 Å². The van der Waals surface area contributed by atoms with Crippen LogP contribution in [-0.4, -0.2) is 21.7 Å². The summed E-state index contributed by atoms with van der Waals surface area (Å²) < 4.78 is 27.8. The lowest BCUT2D eigenvalue weighted by Gasteiger charge is -2.13. The highest BCUT2D eigenvalue weighted by Gasteiger charge is 2.24. The number of imidazole rings is 1. The molecule has 1 N–H and O–H groups in total. The summed E-state index contributed by atoms with van der Waals surface area (Å²) in [5, 5.41) is 2.73. The van der Waals surface area contributed by atoms with E-state index in [-0.39, 0.29) is 29.9 Å². The number of carbonyl (C=O) groups is 2. The summed E-state index contributed by atoms with van der Waals surface area (Å²) in [6, 6.07) is 11.1. The summed E-state index contributed by atoms with van der Waals surface area (Å²) in [6.45, 7) is 3.85. The largest absolute Gasteiger partial charge is 0.345 e. The molecule has 0 unspecified atom stereocenters. The summed E-state index contributed by atoms with van der Waals surface area (Å²) in [5.41, 5.74) is 1.83. The van der Waals surface area contributed by atoms with Crippen LogP contribution in [0.25, 0.3) is 11.3 Å². The quantitative estimate of drug-likeness (QED) is 0.651. The van der Waals surface area contributed by atoms with Crippen molar-refractivity contribution in [3.63, 3.8) is 0 Å². The average Bonchev–Trinajstić information content (AvgIpc) is 3.08. The number of aromatic nitrogens is 2. The molecule has 0 saturated heterocycles. The molecule has 0 aliphatic carbocycles. The van der Waals surface area contributed by atoms with Crippen LogP contribution < -0.4 is 5.32 Å². The highest BCUT2D eigenvalue weighted by atomic mass is 19.1. The number of amides is 1. The van der Waals surface area contributed by atoms with Gasteiger partial charge in [0.15, 0.2) is 12.1 Å². The first kappa shape index (κ1) is 19.4. The topological polar surface area (TPSA) is 64.0 Å². The van der Waals surface area contributed by atoms with E-state index in [1.54, 1.807) is 16.7 Å². The van der Waals surface area contributed by atoms with E-state index in [4.69, 9.17) is 0 Å². The minimum Gasteiger partial charge on any atom is -0.345 e. The zero-order valence-corrected chi connectivity index (χ0v) is 15.4. The van der Waals surface area contributed by atoms with E-state index in [1.165, 1.54) is 36.4 Å². The number of hydrogen-bond acceptors (Lipinski definition) is 3. The van der Waals surface area contributed by atoms with Crippen molar-refractivity contribution in [2.75, 3.05) is 0 Å². The van der Waals surface area contributed by atoms with Crippen LogP contribution in [-0.2, 0) is 6.54 Å². The fourth-order valence-corrected chi connectivity index (χ4v) is 2.92. The van der Waals surface area contributed by atoms with Gasteiger partial charge in [-0.3, -0.25) is 9.59 Å². The van der Waals surface area contributed by atoms with Gasteiger partial charge < -0.3 is 9.88 Å². The molecule has 0 saturated carbocycles. The third-order valence-corrected chi connectivity index (χ3v) is 4.26. The van der Waals surface area contributed by atoms with E-state index < -0.39 is 11.7 Å². The van der Waals surface area contributed by atoms with Gasteiger partial charge in [0.05, 0.1) is 5.69 Å². The fraction of sp³-hybridized carbons (Fsp3) is 0.190. The van der Waals surface area contributed by atoms with Crippen LogP contribution >= 0.6 is 0 Å². The van der Waals surface area contributed by atoms with E-state index in [1.807, 2.05) is 13.8 Å². The molecule has 0 spiro atoms. The molecule has 5 nitrogen and oxygen atoms in total. The van der Waals surface area contributed by atoms with Crippen molar-refractivity contribution in [3.05, 3.63) is 77.2 Å². The molecule has 3 rings (SSSR count). The monoisotopic (exact) mass is 383 g/mol. The van der Waals surface area contributed by atoms with Gasteiger partial charge in [0.1, 0.15) is 17.3 Å². The Morgan fingerprint density at radius 3 is 2.18 bits per heavy atom. The molecular formula is C21H19F2N3O2. The zero-order valence-electron chi connectivity index (χ0n) is 15.4. The molecule has 7 heteroatoms. The van der Waals surface area contributed by atoms with Crippen molar-refractivity contribution >= 4 is 12.2 Å². The Morgan fingerprint density at radius 2 is 1.64 bits per heavy atom. The third kappa shape index (κ3) is 3.98. The molecule has 0 bridgehead atoms. The number of carbonyl (C=O) groups excluding carboxylic acids is 2. The molecular weight excluding hydrogens is 364 g/mol. The van der Waals surface area contributed by atoms with Crippen molar-refractivity contribution in [2.45, 2.75) is 26.4 Å². The second-order valence-corrected chi connectivity index (χ2v) is 6.57. The normalized spacial score (nSPS) is 10.9. The van der Waals surface area contributed by atoms with E-state index >= 15 is 0 Å². The summed E-state index contributed by atoms with van der Waals surface area (Å²) >= 11 is 0. The smallest absolute Gasteiger partial charge is 0.287 e. The predicted octanol–water partition coefficient (Wildman–Crippen LogP) is 4.15. The van der Waals surface area contributed by atoms with Crippen LogP contribution in [0.2, 0.25) is 0 Å². The van der Waals surface area contributed by atoms with Crippen LogP contribution in [0.3, 0.4) is 0 Å². The highest BCUT2D eigenvalue weighted by molar-refractivity contribution is 5.95. The van der Waals surface area contributed by atoms with Gasteiger partial charge in [-0.25, -0.2) is 13.8 Å². The van der Waals surface area contributed by atoms with Crippen LogP contribution in [0.15, 0.2) is 48.5 Å².